The summed E-state index contributed by atoms with van der Waals surface area (Å²) < 4.78 is 0. The first-order valence-electron chi connectivity index (χ1n) is 8.74. The van der Waals surface area contributed by atoms with E-state index in [9.17, 15) is 0 Å². The van der Waals surface area contributed by atoms with Crippen LogP contribution in [0.2, 0.25) is 0 Å². The molecule has 2 rings (SSSR count). The highest BCUT2D eigenvalue weighted by Gasteiger charge is 2.17. The second-order valence-electron chi connectivity index (χ2n) is 6.63. The first-order chi connectivity index (χ1) is 11.0. The Hall–Kier alpha value is -1.96. The Bertz CT molecular complexity index is 603. The molecule has 0 saturated carbocycles. The van der Waals surface area contributed by atoms with Crippen LogP contribution in [0.3, 0.4) is 0 Å². The van der Waals surface area contributed by atoms with E-state index >= 15 is 0 Å². The topological polar surface area (TPSA) is 52.0 Å². The molecule has 0 aliphatic heterocycles. The van der Waals surface area contributed by atoms with Crippen molar-refractivity contribution in [2.24, 2.45) is 0 Å². The fourth-order valence-electron chi connectivity index (χ4n) is 3.19. The molecule has 0 aliphatic carbocycles. The maximum atomic E-state index is 6.33. The lowest BCUT2D eigenvalue weighted by Crippen LogP contribution is -2.08. The number of hydrogen-bond donors (Lipinski definition) is 2. The highest BCUT2D eigenvalue weighted by atomic mass is 14.6. The zero-order chi connectivity index (χ0) is 17.0. The summed E-state index contributed by atoms with van der Waals surface area (Å²) in [5.74, 6) is 1.01. The van der Waals surface area contributed by atoms with Gasteiger partial charge in [0.25, 0.3) is 0 Å². The third-order valence-corrected chi connectivity index (χ3v) is 5.14. The van der Waals surface area contributed by atoms with Crippen LogP contribution in [0.1, 0.15) is 74.6 Å². The summed E-state index contributed by atoms with van der Waals surface area (Å²) in [5, 5.41) is 0. The van der Waals surface area contributed by atoms with Gasteiger partial charge in [0, 0.05) is 17.8 Å². The van der Waals surface area contributed by atoms with E-state index in [-0.39, 0.29) is 0 Å². The van der Waals surface area contributed by atoms with E-state index in [0.717, 1.165) is 30.6 Å². The van der Waals surface area contributed by atoms with E-state index in [1.54, 1.807) is 0 Å². The summed E-state index contributed by atoms with van der Waals surface area (Å²) in [6.45, 7) is 8.97. The Balaban J connectivity index is 2.52. The van der Waals surface area contributed by atoms with Gasteiger partial charge in [-0.15, -0.1) is 0 Å². The van der Waals surface area contributed by atoms with Crippen molar-refractivity contribution in [1.82, 2.24) is 0 Å². The second-order valence-corrected chi connectivity index (χ2v) is 6.63. The van der Waals surface area contributed by atoms with Crippen LogP contribution in [-0.4, -0.2) is 0 Å². The SMILES string of the molecule is CCC(C)c1cccc(N)c1Cc1c(N)cccc1C(C)CC. The van der Waals surface area contributed by atoms with Crippen molar-refractivity contribution in [1.29, 1.82) is 0 Å². The first kappa shape index (κ1) is 17.4. The van der Waals surface area contributed by atoms with Gasteiger partial charge in [0.1, 0.15) is 0 Å². The molecule has 0 spiro atoms. The van der Waals surface area contributed by atoms with Gasteiger partial charge in [-0.2, -0.15) is 0 Å². The average molecular weight is 310 g/mol. The third kappa shape index (κ3) is 3.69. The molecule has 0 aromatic heterocycles. The van der Waals surface area contributed by atoms with Gasteiger partial charge in [-0.25, -0.2) is 0 Å². The third-order valence-electron chi connectivity index (χ3n) is 5.14. The lowest BCUT2D eigenvalue weighted by molar-refractivity contribution is 0.716. The largest absolute Gasteiger partial charge is 0.398 e. The fraction of sp³-hybridized carbons (Fsp3) is 0.429. The Kier molecular flexibility index (Phi) is 5.70. The zero-order valence-corrected chi connectivity index (χ0v) is 14.9. The van der Waals surface area contributed by atoms with E-state index in [0.29, 0.717) is 11.8 Å². The van der Waals surface area contributed by atoms with Crippen molar-refractivity contribution >= 4 is 11.4 Å². The number of rotatable bonds is 6. The molecule has 2 heteroatoms. The molecule has 4 N–H and O–H groups in total. The van der Waals surface area contributed by atoms with Crippen LogP contribution in [-0.2, 0) is 6.42 Å². The number of hydrogen-bond acceptors (Lipinski definition) is 2. The Morgan fingerprint density at radius 3 is 1.48 bits per heavy atom. The molecule has 0 radical (unpaired) electrons. The van der Waals surface area contributed by atoms with Gasteiger partial charge in [-0.3, -0.25) is 0 Å². The van der Waals surface area contributed by atoms with Gasteiger partial charge in [0.15, 0.2) is 0 Å². The number of nitrogens with two attached hydrogens (primary N) is 2. The molecule has 0 heterocycles. The van der Waals surface area contributed by atoms with Crippen LogP contribution in [0.25, 0.3) is 0 Å². The van der Waals surface area contributed by atoms with E-state index in [2.05, 4.69) is 52.0 Å². The minimum absolute atomic E-state index is 0.505. The summed E-state index contributed by atoms with van der Waals surface area (Å²) >= 11 is 0. The van der Waals surface area contributed by atoms with Crippen molar-refractivity contribution in [2.45, 2.75) is 58.8 Å². The molecule has 0 bridgehead atoms. The van der Waals surface area contributed by atoms with Gasteiger partial charge in [-0.1, -0.05) is 52.0 Å². The highest BCUT2D eigenvalue weighted by Crippen LogP contribution is 2.33. The molecule has 2 aromatic rings. The molecule has 2 unspecified atom stereocenters. The van der Waals surface area contributed by atoms with Gasteiger partial charge in [0.2, 0.25) is 0 Å². The monoisotopic (exact) mass is 310 g/mol. The van der Waals surface area contributed by atoms with Crippen LogP contribution in [0.4, 0.5) is 11.4 Å². The van der Waals surface area contributed by atoms with Gasteiger partial charge >= 0.3 is 0 Å². The van der Waals surface area contributed by atoms with Crippen molar-refractivity contribution in [3.8, 4) is 0 Å². The standard InChI is InChI=1S/C21H30N2/c1-5-14(3)16-9-7-11-20(22)18(16)13-19-17(15(4)6-2)10-8-12-21(19)23/h7-12,14-15H,5-6,13,22-23H2,1-4H3. The van der Waals surface area contributed by atoms with Crippen molar-refractivity contribution in [3.05, 3.63) is 58.7 Å². The Morgan fingerprint density at radius 1 is 0.739 bits per heavy atom. The zero-order valence-electron chi connectivity index (χ0n) is 14.9. The van der Waals surface area contributed by atoms with Crippen molar-refractivity contribution < 1.29 is 0 Å². The summed E-state index contributed by atoms with van der Waals surface area (Å²) in [4.78, 5) is 0. The number of benzene rings is 2. The molecule has 2 atom stereocenters. The van der Waals surface area contributed by atoms with E-state index in [1.807, 2.05) is 12.1 Å². The Morgan fingerprint density at radius 2 is 1.13 bits per heavy atom. The van der Waals surface area contributed by atoms with E-state index < -0.39 is 0 Å². The minimum Gasteiger partial charge on any atom is -0.398 e. The molecule has 0 fully saturated rings. The Labute approximate surface area is 140 Å². The molecular weight excluding hydrogens is 280 g/mol. The predicted octanol–water partition coefficient (Wildman–Crippen LogP) is 5.47. The maximum absolute atomic E-state index is 6.33. The van der Waals surface area contributed by atoms with Crippen LogP contribution < -0.4 is 11.5 Å². The maximum Gasteiger partial charge on any atom is 0.0352 e. The predicted molar refractivity (Wildman–Crippen MR) is 102 cm³/mol. The summed E-state index contributed by atoms with van der Waals surface area (Å²) in [5.41, 5.74) is 19.6. The molecule has 0 amide bonds. The molecule has 2 nitrogen and oxygen atoms in total. The normalized spacial score (nSPS) is 13.7. The quantitative estimate of drug-likeness (QED) is 0.695. The molecular formula is C21H30N2. The van der Waals surface area contributed by atoms with Gasteiger partial charge in [-0.05, 0) is 59.1 Å². The molecule has 124 valence electrons. The average Bonchev–Trinajstić information content (AvgIpc) is 2.56. The van der Waals surface area contributed by atoms with Gasteiger partial charge in [0.05, 0.1) is 0 Å². The van der Waals surface area contributed by atoms with Crippen molar-refractivity contribution in [2.75, 3.05) is 11.5 Å². The van der Waals surface area contributed by atoms with Crippen LogP contribution >= 0.6 is 0 Å². The lowest BCUT2D eigenvalue weighted by atomic mass is 9.85. The van der Waals surface area contributed by atoms with E-state index in [4.69, 9.17) is 11.5 Å². The molecule has 23 heavy (non-hydrogen) atoms. The van der Waals surface area contributed by atoms with Crippen LogP contribution in [0.5, 0.6) is 0 Å². The summed E-state index contributed by atoms with van der Waals surface area (Å²) in [6, 6.07) is 12.5. The molecule has 0 aliphatic rings. The van der Waals surface area contributed by atoms with Gasteiger partial charge < -0.3 is 11.5 Å². The number of nitrogen functional groups attached to an aromatic ring is 2. The minimum atomic E-state index is 0.505. The first-order valence-corrected chi connectivity index (χ1v) is 8.74. The summed E-state index contributed by atoms with van der Waals surface area (Å²) in [7, 11) is 0. The lowest BCUT2D eigenvalue weighted by Gasteiger charge is -2.21. The number of anilines is 2. The smallest absolute Gasteiger partial charge is 0.0352 e. The summed E-state index contributed by atoms with van der Waals surface area (Å²) in [6.07, 6.45) is 3.04. The molecule has 0 saturated heterocycles. The van der Waals surface area contributed by atoms with Crippen LogP contribution in [0.15, 0.2) is 36.4 Å². The van der Waals surface area contributed by atoms with Crippen molar-refractivity contribution in [3.63, 3.8) is 0 Å². The highest BCUT2D eigenvalue weighted by molar-refractivity contribution is 5.59. The fourth-order valence-corrected chi connectivity index (χ4v) is 3.19. The van der Waals surface area contributed by atoms with Crippen LogP contribution in [0, 0.1) is 0 Å². The molecule has 2 aromatic carbocycles. The second kappa shape index (κ2) is 7.54. The van der Waals surface area contributed by atoms with E-state index in [1.165, 1.54) is 22.3 Å².